The van der Waals surface area contributed by atoms with E-state index < -0.39 is 0 Å². The van der Waals surface area contributed by atoms with Crippen LogP contribution in [0.15, 0.2) is 40.3 Å². The van der Waals surface area contributed by atoms with Gasteiger partial charge in [0.25, 0.3) is 0 Å². The van der Waals surface area contributed by atoms with E-state index in [0.717, 1.165) is 18.3 Å². The minimum atomic E-state index is 0.200. The molecule has 0 amide bonds. The van der Waals surface area contributed by atoms with Gasteiger partial charge < -0.3 is 14.4 Å². The molecular formula is C10H11FN2O4S. The van der Waals surface area contributed by atoms with Crippen molar-refractivity contribution in [3.05, 3.63) is 25.0 Å². The smallest absolute Gasteiger partial charge is 0.147 e. The van der Waals surface area contributed by atoms with Crippen LogP contribution in [0.3, 0.4) is 0 Å². The number of hydrogen-bond acceptors (Lipinski definition) is 7. The lowest BCUT2D eigenvalue weighted by Gasteiger charge is -2.10. The summed E-state index contributed by atoms with van der Waals surface area (Å²) in [7, 11) is 2.88. The predicted octanol–water partition coefficient (Wildman–Crippen LogP) is 3.77. The van der Waals surface area contributed by atoms with Crippen LogP contribution in [-0.4, -0.2) is 14.2 Å². The maximum atomic E-state index is 11.9. The fourth-order valence-electron chi connectivity index (χ4n) is 1.12. The molecule has 0 spiro atoms. The van der Waals surface area contributed by atoms with Gasteiger partial charge in [0.05, 0.1) is 31.2 Å². The van der Waals surface area contributed by atoms with Crippen molar-refractivity contribution >= 4 is 17.7 Å². The van der Waals surface area contributed by atoms with E-state index in [0.29, 0.717) is 16.4 Å². The molecular weight excluding hydrogens is 263 g/mol. The molecule has 1 rings (SSSR count). The first-order chi connectivity index (χ1) is 8.76. The molecule has 0 radical (unpaired) electrons. The molecule has 0 aliphatic carbocycles. The molecule has 98 valence electrons. The molecule has 0 aliphatic rings. The SMILES string of the molecule is C=COOSc1cc(OC)c(N=NF)cc1OC. The number of hydrogen-bond donors (Lipinski definition) is 0. The number of ether oxygens (including phenoxy) is 2. The van der Waals surface area contributed by atoms with Crippen molar-refractivity contribution in [2.75, 3.05) is 14.2 Å². The van der Waals surface area contributed by atoms with Crippen LogP contribution in [-0.2, 0) is 9.22 Å². The summed E-state index contributed by atoms with van der Waals surface area (Å²) in [6, 6.07) is 3.02. The minimum absolute atomic E-state index is 0.200. The molecule has 1 aromatic carbocycles. The second kappa shape index (κ2) is 7.51. The van der Waals surface area contributed by atoms with Gasteiger partial charge in [0, 0.05) is 17.5 Å². The zero-order valence-corrected chi connectivity index (χ0v) is 10.6. The van der Waals surface area contributed by atoms with Crippen LogP contribution in [0.1, 0.15) is 0 Å². The fourth-order valence-corrected chi connectivity index (χ4v) is 1.67. The van der Waals surface area contributed by atoms with Crippen LogP contribution in [0.4, 0.5) is 10.2 Å². The van der Waals surface area contributed by atoms with Crippen molar-refractivity contribution in [1.29, 1.82) is 0 Å². The molecule has 0 saturated carbocycles. The van der Waals surface area contributed by atoms with Crippen LogP contribution < -0.4 is 9.47 Å². The first-order valence-electron chi connectivity index (χ1n) is 4.65. The molecule has 6 nitrogen and oxygen atoms in total. The summed E-state index contributed by atoms with van der Waals surface area (Å²) in [6.45, 7) is 3.32. The Kier molecular flexibility index (Phi) is 5.95. The van der Waals surface area contributed by atoms with Crippen LogP contribution in [0.25, 0.3) is 0 Å². The Morgan fingerprint density at radius 3 is 2.56 bits per heavy atom. The first kappa shape index (κ1) is 14.3. The van der Waals surface area contributed by atoms with Crippen molar-refractivity contribution in [3.8, 4) is 11.5 Å². The van der Waals surface area contributed by atoms with Crippen molar-refractivity contribution in [2.24, 2.45) is 10.5 Å². The van der Waals surface area contributed by atoms with E-state index >= 15 is 0 Å². The zero-order valence-electron chi connectivity index (χ0n) is 9.75. The molecule has 0 aliphatic heterocycles. The highest BCUT2D eigenvalue weighted by Crippen LogP contribution is 2.40. The number of benzene rings is 1. The lowest BCUT2D eigenvalue weighted by Crippen LogP contribution is -1.90. The van der Waals surface area contributed by atoms with Crippen molar-refractivity contribution in [1.82, 2.24) is 0 Å². The molecule has 0 aromatic heterocycles. The second-order valence-electron chi connectivity index (χ2n) is 2.76. The number of rotatable bonds is 7. The summed E-state index contributed by atoms with van der Waals surface area (Å²) < 4.78 is 26.8. The summed E-state index contributed by atoms with van der Waals surface area (Å²) >= 11 is 0.888. The quantitative estimate of drug-likeness (QED) is 0.189. The molecule has 0 fully saturated rings. The minimum Gasteiger partial charge on any atom is -0.495 e. The highest BCUT2D eigenvalue weighted by Gasteiger charge is 2.13. The highest BCUT2D eigenvalue weighted by molar-refractivity contribution is 7.94. The second-order valence-corrected chi connectivity index (χ2v) is 3.51. The van der Waals surface area contributed by atoms with E-state index in [9.17, 15) is 4.48 Å². The maximum Gasteiger partial charge on any atom is 0.147 e. The lowest BCUT2D eigenvalue weighted by atomic mass is 10.3. The molecule has 0 N–H and O–H groups in total. The number of halogens is 1. The van der Waals surface area contributed by atoms with Gasteiger partial charge in [-0.1, -0.05) is 11.1 Å². The normalized spacial score (nSPS) is 10.4. The van der Waals surface area contributed by atoms with Gasteiger partial charge in [-0.15, -0.1) is 9.45 Å². The Labute approximate surface area is 107 Å². The summed E-state index contributed by atoms with van der Waals surface area (Å²) in [4.78, 5) is 5.08. The zero-order chi connectivity index (χ0) is 13.4. The summed E-state index contributed by atoms with van der Waals surface area (Å²) in [5.41, 5.74) is 0.200. The van der Waals surface area contributed by atoms with Crippen molar-refractivity contribution in [2.45, 2.75) is 4.90 Å². The van der Waals surface area contributed by atoms with Gasteiger partial charge in [0.2, 0.25) is 0 Å². The number of nitrogens with zero attached hydrogens (tertiary/aromatic N) is 2. The molecule has 1 aromatic rings. The fraction of sp³-hybridized carbons (Fsp3) is 0.200. The van der Waals surface area contributed by atoms with Gasteiger partial charge in [-0.2, -0.15) is 0 Å². The largest absolute Gasteiger partial charge is 0.495 e. The van der Waals surface area contributed by atoms with E-state index in [2.05, 4.69) is 21.9 Å². The molecule has 0 heterocycles. The Hall–Kier alpha value is -1.80. The summed E-state index contributed by atoms with van der Waals surface area (Å²) in [5.74, 6) is 0.734. The Bertz CT molecular complexity index is 442. The van der Waals surface area contributed by atoms with E-state index in [-0.39, 0.29) is 5.69 Å². The van der Waals surface area contributed by atoms with Gasteiger partial charge in [-0.3, -0.25) is 0 Å². The third-order valence-corrected chi connectivity index (χ3v) is 2.49. The van der Waals surface area contributed by atoms with E-state index in [1.165, 1.54) is 20.3 Å². The molecule has 8 heteroatoms. The van der Waals surface area contributed by atoms with Gasteiger partial charge >= 0.3 is 0 Å². The van der Waals surface area contributed by atoms with Crippen LogP contribution in [0.2, 0.25) is 0 Å². The third-order valence-electron chi connectivity index (χ3n) is 1.84. The molecule has 0 saturated heterocycles. The predicted molar refractivity (Wildman–Crippen MR) is 63.4 cm³/mol. The summed E-state index contributed by atoms with van der Waals surface area (Å²) in [5, 5.41) is 5.49. The Morgan fingerprint density at radius 1 is 1.28 bits per heavy atom. The Balaban J connectivity index is 3.05. The van der Waals surface area contributed by atoms with E-state index in [1.807, 2.05) is 0 Å². The van der Waals surface area contributed by atoms with Crippen LogP contribution in [0, 0.1) is 0 Å². The monoisotopic (exact) mass is 274 g/mol. The van der Waals surface area contributed by atoms with Crippen molar-refractivity contribution in [3.63, 3.8) is 0 Å². The van der Waals surface area contributed by atoms with E-state index in [1.54, 1.807) is 6.07 Å². The first-order valence-corrected chi connectivity index (χ1v) is 5.40. The van der Waals surface area contributed by atoms with Crippen LogP contribution in [0.5, 0.6) is 11.5 Å². The molecule has 0 atom stereocenters. The van der Waals surface area contributed by atoms with Gasteiger partial charge in [0.1, 0.15) is 23.4 Å². The maximum absolute atomic E-state index is 11.9. The molecule has 0 bridgehead atoms. The van der Waals surface area contributed by atoms with Gasteiger partial charge in [-0.05, 0) is 0 Å². The lowest BCUT2D eigenvalue weighted by molar-refractivity contribution is -0.129. The summed E-state index contributed by atoms with van der Waals surface area (Å²) in [6.07, 6.45) is 1.13. The van der Waals surface area contributed by atoms with Gasteiger partial charge in [-0.25, -0.2) is 0 Å². The number of methoxy groups -OCH3 is 2. The standard InChI is InChI=1S/C10H11FN2O4S/c1-4-16-17-18-10-6-8(14-2)7(12-13-11)5-9(10)15-3/h4-6H,1H2,2-3H3. The average molecular weight is 274 g/mol. The molecule has 18 heavy (non-hydrogen) atoms. The van der Waals surface area contributed by atoms with Crippen molar-refractivity contribution < 1.29 is 23.2 Å². The third kappa shape index (κ3) is 3.60. The van der Waals surface area contributed by atoms with Crippen LogP contribution >= 0.6 is 12.0 Å². The highest BCUT2D eigenvalue weighted by atomic mass is 32.2. The average Bonchev–Trinajstić information content (AvgIpc) is 2.40. The Morgan fingerprint density at radius 2 is 2.00 bits per heavy atom. The van der Waals surface area contributed by atoms with Gasteiger partial charge in [0.15, 0.2) is 0 Å². The topological polar surface area (TPSA) is 61.6 Å². The van der Waals surface area contributed by atoms with E-state index in [4.69, 9.17) is 13.8 Å². The molecule has 0 unspecified atom stereocenters.